The number of halogens is 2. The first-order valence-electron chi connectivity index (χ1n) is 7.12. The van der Waals surface area contributed by atoms with Crippen LogP contribution in [0.2, 0.25) is 5.02 Å². The Hall–Kier alpha value is -1.54. The second kappa shape index (κ2) is 6.48. The van der Waals surface area contributed by atoms with Gasteiger partial charge in [-0.15, -0.1) is 0 Å². The van der Waals surface area contributed by atoms with Crippen molar-refractivity contribution in [3.05, 3.63) is 64.9 Å². The van der Waals surface area contributed by atoms with Gasteiger partial charge in [-0.05, 0) is 35.6 Å². The smallest absolute Gasteiger partial charge is 0.125 e. The lowest BCUT2D eigenvalue weighted by atomic mass is 9.85. The molecule has 0 fully saturated rings. The molecule has 112 valence electrons. The lowest BCUT2D eigenvalue weighted by molar-refractivity contribution is 0.352. The molecule has 0 aliphatic heterocycles. The van der Waals surface area contributed by atoms with Gasteiger partial charge in [0.05, 0.1) is 16.8 Å². The van der Waals surface area contributed by atoms with Gasteiger partial charge >= 0.3 is 0 Å². The van der Waals surface area contributed by atoms with Crippen LogP contribution < -0.4 is 5.32 Å². The van der Waals surface area contributed by atoms with Crippen molar-refractivity contribution in [2.45, 2.75) is 33.2 Å². The number of benzene rings is 2. The normalized spacial score (nSPS) is 13.0. The lowest BCUT2D eigenvalue weighted by Crippen LogP contribution is -2.19. The summed E-state index contributed by atoms with van der Waals surface area (Å²) < 4.78 is 13.4. The molecule has 21 heavy (non-hydrogen) atoms. The zero-order valence-corrected chi connectivity index (χ0v) is 13.4. The zero-order chi connectivity index (χ0) is 15.5. The molecule has 0 saturated carbocycles. The second-order valence-electron chi connectivity index (χ2n) is 6.50. The third-order valence-electron chi connectivity index (χ3n) is 3.28. The van der Waals surface area contributed by atoms with E-state index in [0.717, 1.165) is 6.42 Å². The van der Waals surface area contributed by atoms with Crippen molar-refractivity contribution in [2.75, 3.05) is 5.32 Å². The van der Waals surface area contributed by atoms with E-state index < -0.39 is 0 Å². The molecule has 1 atom stereocenters. The summed E-state index contributed by atoms with van der Waals surface area (Å²) >= 11 is 6.17. The summed E-state index contributed by atoms with van der Waals surface area (Å²) in [4.78, 5) is 0. The summed E-state index contributed by atoms with van der Waals surface area (Å²) in [5.74, 6) is -0.288. The second-order valence-corrected chi connectivity index (χ2v) is 6.90. The Labute approximate surface area is 131 Å². The van der Waals surface area contributed by atoms with Crippen LogP contribution in [0.4, 0.5) is 10.1 Å². The summed E-state index contributed by atoms with van der Waals surface area (Å²) in [5, 5.41) is 3.92. The van der Waals surface area contributed by atoms with Crippen molar-refractivity contribution in [1.29, 1.82) is 0 Å². The molecule has 0 aliphatic rings. The van der Waals surface area contributed by atoms with E-state index in [1.165, 1.54) is 17.7 Å². The highest BCUT2D eigenvalue weighted by atomic mass is 35.5. The average Bonchev–Trinajstić information content (AvgIpc) is 2.42. The van der Waals surface area contributed by atoms with E-state index >= 15 is 0 Å². The molecular weight excluding hydrogens is 285 g/mol. The van der Waals surface area contributed by atoms with Gasteiger partial charge in [0.2, 0.25) is 0 Å². The molecule has 2 aromatic rings. The van der Waals surface area contributed by atoms with E-state index in [1.807, 2.05) is 18.2 Å². The van der Waals surface area contributed by atoms with Crippen LogP contribution in [0.25, 0.3) is 0 Å². The molecule has 2 rings (SSSR count). The minimum atomic E-state index is -0.288. The molecule has 2 aromatic carbocycles. The Balaban J connectivity index is 2.30. The monoisotopic (exact) mass is 305 g/mol. The largest absolute Gasteiger partial charge is 0.377 e. The van der Waals surface area contributed by atoms with Gasteiger partial charge in [-0.25, -0.2) is 4.39 Å². The highest BCUT2D eigenvalue weighted by molar-refractivity contribution is 6.33. The van der Waals surface area contributed by atoms with Crippen molar-refractivity contribution < 1.29 is 4.39 Å². The summed E-state index contributed by atoms with van der Waals surface area (Å²) in [5.41, 5.74) is 1.95. The highest BCUT2D eigenvalue weighted by Gasteiger charge is 2.21. The van der Waals surface area contributed by atoms with Gasteiger partial charge in [-0.2, -0.15) is 0 Å². The van der Waals surface area contributed by atoms with Gasteiger partial charge in [-0.1, -0.05) is 62.7 Å². The van der Waals surface area contributed by atoms with E-state index in [9.17, 15) is 4.39 Å². The molecule has 0 heterocycles. The minimum Gasteiger partial charge on any atom is -0.377 e. The number of anilines is 1. The number of nitrogens with one attached hydrogen (secondary N) is 1. The molecule has 1 unspecified atom stereocenters. The molecular formula is C18H21ClFN. The van der Waals surface area contributed by atoms with E-state index in [1.54, 1.807) is 6.07 Å². The van der Waals surface area contributed by atoms with Crippen molar-refractivity contribution in [3.8, 4) is 0 Å². The van der Waals surface area contributed by atoms with Crippen molar-refractivity contribution in [3.63, 3.8) is 0 Å². The molecule has 1 N–H and O–H groups in total. The number of rotatable bonds is 4. The number of hydrogen-bond acceptors (Lipinski definition) is 1. The number of hydrogen-bond donors (Lipinski definition) is 1. The fourth-order valence-corrected chi connectivity index (χ4v) is 2.52. The lowest BCUT2D eigenvalue weighted by Gasteiger charge is -2.28. The van der Waals surface area contributed by atoms with E-state index in [2.05, 4.69) is 38.2 Å². The molecule has 0 saturated heterocycles. The molecule has 1 nitrogen and oxygen atoms in total. The molecule has 0 spiro atoms. The van der Waals surface area contributed by atoms with Crippen LogP contribution in [0, 0.1) is 11.2 Å². The molecule has 0 amide bonds. The molecule has 0 aromatic heterocycles. The zero-order valence-electron chi connectivity index (χ0n) is 12.7. The van der Waals surface area contributed by atoms with Gasteiger partial charge < -0.3 is 5.32 Å². The van der Waals surface area contributed by atoms with Crippen molar-refractivity contribution >= 4 is 17.3 Å². The topological polar surface area (TPSA) is 12.0 Å². The average molecular weight is 306 g/mol. The molecule has 0 bridgehead atoms. The maximum Gasteiger partial charge on any atom is 0.125 e. The fourth-order valence-electron chi connectivity index (χ4n) is 2.35. The SMILES string of the molecule is CC(C)(C)CC(Nc1cc(F)ccc1Cl)c1ccccc1. The highest BCUT2D eigenvalue weighted by Crippen LogP contribution is 2.34. The van der Waals surface area contributed by atoms with E-state index in [4.69, 9.17) is 11.6 Å². The van der Waals surface area contributed by atoms with Gasteiger partial charge in [-0.3, -0.25) is 0 Å². The van der Waals surface area contributed by atoms with Crippen molar-refractivity contribution in [1.82, 2.24) is 0 Å². The van der Waals surface area contributed by atoms with Crippen molar-refractivity contribution in [2.24, 2.45) is 5.41 Å². The van der Waals surface area contributed by atoms with Crippen LogP contribution in [0.1, 0.15) is 38.8 Å². The van der Waals surface area contributed by atoms with Gasteiger partial charge in [0, 0.05) is 0 Å². The van der Waals surface area contributed by atoms with Gasteiger partial charge in [0.15, 0.2) is 0 Å². The van der Waals surface area contributed by atoms with Crippen LogP contribution in [0.5, 0.6) is 0 Å². The fraction of sp³-hybridized carbons (Fsp3) is 0.333. The molecule has 0 radical (unpaired) electrons. The standard InChI is InChI=1S/C18H21ClFN/c1-18(2,3)12-17(13-7-5-4-6-8-13)21-16-11-14(20)9-10-15(16)19/h4-11,17,21H,12H2,1-3H3. The third kappa shape index (κ3) is 4.75. The van der Waals surface area contributed by atoms with E-state index in [-0.39, 0.29) is 17.3 Å². The summed E-state index contributed by atoms with van der Waals surface area (Å²) in [6.07, 6.45) is 0.920. The maximum absolute atomic E-state index is 13.4. The Kier molecular flexibility index (Phi) is 4.89. The van der Waals surface area contributed by atoms with Crippen LogP contribution in [-0.2, 0) is 0 Å². The summed E-state index contributed by atoms with van der Waals surface area (Å²) in [6, 6.07) is 14.7. The third-order valence-corrected chi connectivity index (χ3v) is 3.61. The first-order chi connectivity index (χ1) is 9.85. The Morgan fingerprint density at radius 3 is 2.38 bits per heavy atom. The predicted octanol–water partition coefficient (Wildman–Crippen LogP) is 6.07. The minimum absolute atomic E-state index is 0.0884. The first kappa shape index (κ1) is 15.8. The van der Waals surface area contributed by atoms with Crippen LogP contribution in [-0.4, -0.2) is 0 Å². The van der Waals surface area contributed by atoms with Gasteiger partial charge in [0.25, 0.3) is 0 Å². The molecule has 0 aliphatic carbocycles. The first-order valence-corrected chi connectivity index (χ1v) is 7.49. The van der Waals surface area contributed by atoms with Gasteiger partial charge in [0.1, 0.15) is 5.82 Å². The van der Waals surface area contributed by atoms with Crippen LogP contribution in [0.15, 0.2) is 48.5 Å². The Morgan fingerprint density at radius 1 is 1.10 bits per heavy atom. The van der Waals surface area contributed by atoms with Crippen LogP contribution >= 0.6 is 11.6 Å². The Morgan fingerprint density at radius 2 is 1.76 bits per heavy atom. The summed E-state index contributed by atoms with van der Waals surface area (Å²) in [7, 11) is 0. The van der Waals surface area contributed by atoms with Crippen LogP contribution in [0.3, 0.4) is 0 Å². The predicted molar refractivity (Wildman–Crippen MR) is 88.3 cm³/mol. The quantitative estimate of drug-likeness (QED) is 0.723. The maximum atomic E-state index is 13.4. The molecule has 3 heteroatoms. The van der Waals surface area contributed by atoms with E-state index in [0.29, 0.717) is 10.7 Å². The Bertz CT molecular complexity index is 590. The summed E-state index contributed by atoms with van der Waals surface area (Å²) in [6.45, 7) is 6.58.